The molecule has 0 saturated carbocycles. The van der Waals surface area contributed by atoms with E-state index >= 15 is 0 Å². The van der Waals surface area contributed by atoms with Crippen molar-refractivity contribution in [3.05, 3.63) is 0 Å². The fraction of sp³-hybridized carbons (Fsp3) is 0.750. The van der Waals surface area contributed by atoms with E-state index < -0.39 is 18.1 Å². The summed E-state index contributed by atoms with van der Waals surface area (Å²) in [5.74, 6) is -1.87. The molecule has 0 spiro atoms. The van der Waals surface area contributed by atoms with Crippen molar-refractivity contribution in [2.75, 3.05) is 13.1 Å². The molecule has 1 rings (SSSR count). The Bertz CT molecular complexity index is 297. The van der Waals surface area contributed by atoms with E-state index in [1.54, 1.807) is 0 Å². The van der Waals surface area contributed by atoms with Gasteiger partial charge in [0.15, 0.2) is 0 Å². The van der Waals surface area contributed by atoms with Crippen LogP contribution in [0.4, 0.5) is 13.2 Å². The average molecular weight is 222 g/mol. The molecule has 1 fully saturated rings. The van der Waals surface area contributed by atoms with E-state index in [0.29, 0.717) is 17.7 Å². The van der Waals surface area contributed by atoms with E-state index in [1.165, 1.54) is 6.08 Å². The normalized spacial score (nSPS) is 22.1. The zero-order chi connectivity index (χ0) is 11.5. The first-order chi connectivity index (χ1) is 6.95. The molecule has 0 aromatic rings. The number of isocyanates is 1. The van der Waals surface area contributed by atoms with Crippen LogP contribution in [0.25, 0.3) is 0 Å². The molecule has 0 bridgehead atoms. The van der Waals surface area contributed by atoms with Crippen LogP contribution in [-0.2, 0) is 9.59 Å². The van der Waals surface area contributed by atoms with Gasteiger partial charge in [0.25, 0.3) is 0 Å². The molecule has 15 heavy (non-hydrogen) atoms. The van der Waals surface area contributed by atoms with Gasteiger partial charge >= 0.3 is 12.1 Å². The third-order valence-electron chi connectivity index (χ3n) is 2.16. The molecule has 1 aliphatic rings. The molecule has 0 radical (unpaired) electrons. The summed E-state index contributed by atoms with van der Waals surface area (Å²) in [6.45, 7) is -0.100. The number of halogens is 3. The van der Waals surface area contributed by atoms with E-state index in [9.17, 15) is 22.8 Å². The number of alkyl halides is 3. The zero-order valence-corrected chi connectivity index (χ0v) is 7.75. The summed E-state index contributed by atoms with van der Waals surface area (Å²) in [6, 6.07) is -0.553. The number of likely N-dealkylation sites (tertiary alicyclic amines) is 1. The minimum absolute atomic E-state index is 0.0588. The van der Waals surface area contributed by atoms with Crippen molar-refractivity contribution in [1.29, 1.82) is 0 Å². The fourth-order valence-electron chi connectivity index (χ4n) is 1.50. The van der Waals surface area contributed by atoms with Crippen LogP contribution < -0.4 is 0 Å². The molecular weight excluding hydrogens is 213 g/mol. The molecule has 0 N–H and O–H groups in total. The number of rotatable bonds is 1. The van der Waals surface area contributed by atoms with Crippen molar-refractivity contribution >= 4 is 12.0 Å². The summed E-state index contributed by atoms with van der Waals surface area (Å²) in [7, 11) is 0. The first kappa shape index (κ1) is 11.7. The van der Waals surface area contributed by atoms with E-state index in [1.807, 2.05) is 0 Å². The molecule has 7 heteroatoms. The fourth-order valence-corrected chi connectivity index (χ4v) is 1.50. The smallest absolute Gasteiger partial charge is 0.333 e. The maximum atomic E-state index is 12.0. The molecule has 1 saturated heterocycles. The van der Waals surface area contributed by atoms with Crippen LogP contribution in [0.5, 0.6) is 0 Å². The summed E-state index contributed by atoms with van der Waals surface area (Å²) in [5.41, 5.74) is 0. The van der Waals surface area contributed by atoms with Crippen molar-refractivity contribution < 1.29 is 22.8 Å². The zero-order valence-electron chi connectivity index (χ0n) is 7.75. The van der Waals surface area contributed by atoms with Crippen molar-refractivity contribution in [3.63, 3.8) is 0 Å². The second-order valence-corrected chi connectivity index (χ2v) is 3.27. The molecule has 1 atom stereocenters. The number of nitrogens with zero attached hydrogens (tertiary/aromatic N) is 2. The number of hydrogen-bond acceptors (Lipinski definition) is 3. The Hall–Kier alpha value is -1.36. The predicted octanol–water partition coefficient (Wildman–Crippen LogP) is 0.876. The van der Waals surface area contributed by atoms with Crippen LogP contribution in [0.2, 0.25) is 0 Å². The Morgan fingerprint density at radius 3 is 2.67 bits per heavy atom. The average Bonchev–Trinajstić information content (AvgIpc) is 2.16. The van der Waals surface area contributed by atoms with Gasteiger partial charge in [-0.1, -0.05) is 0 Å². The highest BCUT2D eigenvalue weighted by molar-refractivity contribution is 5.82. The summed E-state index contributed by atoms with van der Waals surface area (Å²) in [4.78, 5) is 24.8. The van der Waals surface area contributed by atoms with Gasteiger partial charge in [0.05, 0.1) is 6.04 Å². The summed E-state index contributed by atoms with van der Waals surface area (Å²) < 4.78 is 36.1. The SMILES string of the molecule is O=C=N[C@H]1CCCN(C(=O)C(F)(F)F)C1. The van der Waals surface area contributed by atoms with Gasteiger partial charge in [-0.25, -0.2) is 9.79 Å². The highest BCUT2D eigenvalue weighted by Crippen LogP contribution is 2.22. The molecule has 1 aliphatic heterocycles. The Morgan fingerprint density at radius 1 is 1.47 bits per heavy atom. The van der Waals surface area contributed by atoms with Crippen molar-refractivity contribution in [3.8, 4) is 0 Å². The third-order valence-corrected chi connectivity index (χ3v) is 2.16. The van der Waals surface area contributed by atoms with E-state index in [-0.39, 0.29) is 13.1 Å². The van der Waals surface area contributed by atoms with Crippen LogP contribution in [0.15, 0.2) is 4.99 Å². The Kier molecular flexibility index (Phi) is 3.47. The highest BCUT2D eigenvalue weighted by atomic mass is 19.4. The van der Waals surface area contributed by atoms with Crippen LogP contribution in [0, 0.1) is 0 Å². The van der Waals surface area contributed by atoms with Crippen LogP contribution in [-0.4, -0.2) is 42.2 Å². The second kappa shape index (κ2) is 4.44. The van der Waals surface area contributed by atoms with E-state index in [0.717, 1.165) is 0 Å². The van der Waals surface area contributed by atoms with Crippen molar-refractivity contribution in [2.45, 2.75) is 25.1 Å². The highest BCUT2D eigenvalue weighted by Gasteiger charge is 2.43. The largest absolute Gasteiger partial charge is 0.471 e. The van der Waals surface area contributed by atoms with E-state index in [2.05, 4.69) is 4.99 Å². The number of hydrogen-bond donors (Lipinski definition) is 0. The lowest BCUT2D eigenvalue weighted by molar-refractivity contribution is -0.186. The Balaban J connectivity index is 2.64. The minimum atomic E-state index is -4.85. The summed E-state index contributed by atoms with van der Waals surface area (Å²) in [5, 5.41) is 0. The van der Waals surface area contributed by atoms with Gasteiger partial charge in [0.2, 0.25) is 6.08 Å². The lowest BCUT2D eigenvalue weighted by Gasteiger charge is -2.30. The molecule has 0 aromatic carbocycles. The standard InChI is InChI=1S/C8H9F3N2O2/c9-8(10,11)7(15)13-3-1-2-6(4-13)12-5-14/h6H,1-4H2/t6-/m0/s1. The number of aliphatic imine (C=N–C) groups is 1. The summed E-state index contributed by atoms with van der Waals surface area (Å²) >= 11 is 0. The van der Waals surface area contributed by atoms with E-state index in [4.69, 9.17) is 0 Å². The number of piperidine rings is 1. The minimum Gasteiger partial charge on any atom is -0.333 e. The van der Waals surface area contributed by atoms with Crippen LogP contribution in [0.1, 0.15) is 12.8 Å². The second-order valence-electron chi connectivity index (χ2n) is 3.27. The van der Waals surface area contributed by atoms with Crippen molar-refractivity contribution in [1.82, 2.24) is 4.90 Å². The molecule has 0 aromatic heterocycles. The van der Waals surface area contributed by atoms with Gasteiger partial charge < -0.3 is 4.90 Å². The van der Waals surface area contributed by atoms with Gasteiger partial charge in [-0.3, -0.25) is 4.79 Å². The van der Waals surface area contributed by atoms with Gasteiger partial charge in [0.1, 0.15) is 0 Å². The number of carbonyl (C=O) groups is 1. The quantitative estimate of drug-likeness (QED) is 0.488. The first-order valence-electron chi connectivity index (χ1n) is 4.38. The monoisotopic (exact) mass is 222 g/mol. The van der Waals surface area contributed by atoms with Crippen molar-refractivity contribution in [2.24, 2.45) is 4.99 Å². The molecule has 84 valence electrons. The Morgan fingerprint density at radius 2 is 2.13 bits per heavy atom. The van der Waals surface area contributed by atoms with Gasteiger partial charge in [-0.15, -0.1) is 0 Å². The lowest BCUT2D eigenvalue weighted by atomic mass is 10.1. The maximum absolute atomic E-state index is 12.0. The molecule has 0 aliphatic carbocycles. The number of carbonyl (C=O) groups excluding carboxylic acids is 2. The Labute approximate surface area is 83.8 Å². The topological polar surface area (TPSA) is 49.7 Å². The van der Waals surface area contributed by atoms with Gasteiger partial charge in [0, 0.05) is 13.1 Å². The molecule has 4 nitrogen and oxygen atoms in total. The first-order valence-corrected chi connectivity index (χ1v) is 4.38. The van der Waals surface area contributed by atoms with Crippen LogP contribution >= 0.6 is 0 Å². The van der Waals surface area contributed by atoms with Gasteiger partial charge in [-0.05, 0) is 12.8 Å². The summed E-state index contributed by atoms with van der Waals surface area (Å²) in [6.07, 6.45) is -2.64. The molecular formula is C8H9F3N2O2. The van der Waals surface area contributed by atoms with Gasteiger partial charge in [-0.2, -0.15) is 13.2 Å². The maximum Gasteiger partial charge on any atom is 0.471 e. The predicted molar refractivity (Wildman–Crippen MR) is 43.8 cm³/mol. The number of amides is 1. The lowest BCUT2D eigenvalue weighted by Crippen LogP contribution is -2.47. The third kappa shape index (κ3) is 3.06. The van der Waals surface area contributed by atoms with Crippen LogP contribution in [0.3, 0.4) is 0 Å². The molecule has 0 unspecified atom stereocenters. The molecule has 1 heterocycles. The molecule has 1 amide bonds.